The Bertz CT molecular complexity index is 669. The van der Waals surface area contributed by atoms with Crippen LogP contribution in [0.25, 0.3) is 0 Å². The Balaban J connectivity index is 0.00000225. The molecule has 0 aromatic heterocycles. The molecule has 0 radical (unpaired) electrons. The predicted octanol–water partition coefficient (Wildman–Crippen LogP) is 1.87. The summed E-state index contributed by atoms with van der Waals surface area (Å²) in [6, 6.07) is 5.60. The van der Waals surface area contributed by atoms with Crippen molar-refractivity contribution in [3.63, 3.8) is 0 Å². The van der Waals surface area contributed by atoms with Crippen molar-refractivity contribution < 1.29 is 23.7 Å². The molecular weight excluding hydrogens is 477 g/mol. The van der Waals surface area contributed by atoms with Gasteiger partial charge in [-0.2, -0.15) is 0 Å². The number of nitrogens with one attached hydrogen (secondary N) is 1. The average molecular weight is 505 g/mol. The fraction of sp³-hybridized carbons (Fsp3) is 0.632. The first-order valence-corrected chi connectivity index (χ1v) is 9.55. The summed E-state index contributed by atoms with van der Waals surface area (Å²) in [6.07, 6.45) is 2.52. The van der Waals surface area contributed by atoms with Crippen molar-refractivity contribution in [2.24, 2.45) is 4.99 Å². The molecular formula is C19H28IN3O5. The van der Waals surface area contributed by atoms with E-state index >= 15 is 0 Å². The quantitative estimate of drug-likeness (QED) is 0.284. The maximum Gasteiger partial charge on any atom is 0.231 e. The molecule has 0 bridgehead atoms. The van der Waals surface area contributed by atoms with Gasteiger partial charge in [-0.25, -0.2) is 0 Å². The normalized spacial score (nSPS) is 24.0. The maximum absolute atomic E-state index is 5.91. The number of benzene rings is 1. The van der Waals surface area contributed by atoms with E-state index in [1.165, 1.54) is 0 Å². The molecule has 2 atom stereocenters. The van der Waals surface area contributed by atoms with Crippen LogP contribution < -0.4 is 19.5 Å². The van der Waals surface area contributed by atoms with Gasteiger partial charge in [-0.3, -0.25) is 4.99 Å². The molecule has 3 heterocycles. The van der Waals surface area contributed by atoms with Crippen molar-refractivity contribution in [3.8, 4) is 17.2 Å². The van der Waals surface area contributed by atoms with E-state index in [4.69, 9.17) is 23.7 Å². The highest BCUT2D eigenvalue weighted by Gasteiger charge is 2.32. The lowest BCUT2D eigenvalue weighted by Gasteiger charge is -2.37. The van der Waals surface area contributed by atoms with Crippen LogP contribution in [-0.2, 0) is 9.47 Å². The van der Waals surface area contributed by atoms with Crippen molar-refractivity contribution in [1.29, 1.82) is 0 Å². The average Bonchev–Trinajstić information content (AvgIpc) is 3.40. The lowest BCUT2D eigenvalue weighted by atomic mass is 10.1. The fourth-order valence-electron chi connectivity index (χ4n) is 3.62. The number of hydrogen-bond acceptors (Lipinski definition) is 6. The number of guanidine groups is 1. The van der Waals surface area contributed by atoms with E-state index in [1.807, 2.05) is 18.2 Å². The van der Waals surface area contributed by atoms with Crippen molar-refractivity contribution in [2.75, 3.05) is 53.3 Å². The monoisotopic (exact) mass is 505 g/mol. The second-order valence-corrected chi connectivity index (χ2v) is 6.74. The van der Waals surface area contributed by atoms with Crippen LogP contribution >= 0.6 is 24.0 Å². The SMILES string of the molecule is CN=C(NCCOc1ccc2c(c1)OCO2)N1CCOC(C2CCCO2)C1.I. The molecule has 0 saturated carbocycles. The van der Waals surface area contributed by atoms with Gasteiger partial charge >= 0.3 is 0 Å². The highest BCUT2D eigenvalue weighted by Crippen LogP contribution is 2.35. The van der Waals surface area contributed by atoms with Crippen molar-refractivity contribution in [2.45, 2.75) is 25.0 Å². The Morgan fingerprint density at radius 3 is 2.89 bits per heavy atom. The van der Waals surface area contributed by atoms with Crippen LogP contribution in [0, 0.1) is 0 Å². The third-order valence-corrected chi connectivity index (χ3v) is 4.98. The van der Waals surface area contributed by atoms with Gasteiger partial charge < -0.3 is 33.9 Å². The van der Waals surface area contributed by atoms with Gasteiger partial charge in [0.1, 0.15) is 18.5 Å². The fourth-order valence-corrected chi connectivity index (χ4v) is 3.62. The van der Waals surface area contributed by atoms with Crippen molar-refractivity contribution in [3.05, 3.63) is 18.2 Å². The number of aliphatic imine (C=N–C) groups is 1. The van der Waals surface area contributed by atoms with E-state index < -0.39 is 0 Å². The number of rotatable bonds is 5. The lowest BCUT2D eigenvalue weighted by Crippen LogP contribution is -2.53. The number of halogens is 1. The summed E-state index contributed by atoms with van der Waals surface area (Å²) >= 11 is 0. The number of morpholine rings is 1. The van der Waals surface area contributed by atoms with E-state index in [1.54, 1.807) is 7.05 Å². The number of hydrogen-bond donors (Lipinski definition) is 1. The van der Waals surface area contributed by atoms with Crippen LogP contribution in [-0.4, -0.2) is 76.4 Å². The molecule has 2 unspecified atom stereocenters. The Kier molecular flexibility index (Phi) is 7.86. The Morgan fingerprint density at radius 1 is 1.21 bits per heavy atom. The van der Waals surface area contributed by atoms with Gasteiger partial charge in [-0.05, 0) is 25.0 Å². The molecule has 2 fully saturated rings. The minimum atomic E-state index is 0. The van der Waals surface area contributed by atoms with Crippen molar-refractivity contribution in [1.82, 2.24) is 10.2 Å². The van der Waals surface area contributed by atoms with Gasteiger partial charge in [0.15, 0.2) is 17.5 Å². The molecule has 28 heavy (non-hydrogen) atoms. The third kappa shape index (κ3) is 5.12. The highest BCUT2D eigenvalue weighted by molar-refractivity contribution is 14.0. The molecule has 0 amide bonds. The zero-order chi connectivity index (χ0) is 18.5. The predicted molar refractivity (Wildman–Crippen MR) is 115 cm³/mol. The van der Waals surface area contributed by atoms with Gasteiger partial charge in [0.25, 0.3) is 0 Å². The summed E-state index contributed by atoms with van der Waals surface area (Å²) in [4.78, 5) is 6.64. The topological polar surface area (TPSA) is 73.8 Å². The molecule has 8 nitrogen and oxygen atoms in total. The number of nitrogens with zero attached hydrogens (tertiary/aromatic N) is 2. The first-order valence-electron chi connectivity index (χ1n) is 9.55. The smallest absolute Gasteiger partial charge is 0.231 e. The summed E-state index contributed by atoms with van der Waals surface area (Å²) in [5.74, 6) is 3.12. The number of ether oxygens (including phenoxy) is 5. The summed E-state index contributed by atoms with van der Waals surface area (Å²) in [7, 11) is 1.80. The van der Waals surface area contributed by atoms with E-state index in [-0.39, 0.29) is 43.0 Å². The number of fused-ring (bicyclic) bond motifs is 1. The van der Waals surface area contributed by atoms with Crippen LogP contribution in [0.5, 0.6) is 17.2 Å². The summed E-state index contributed by atoms with van der Waals surface area (Å²) in [6.45, 7) is 4.61. The van der Waals surface area contributed by atoms with Gasteiger partial charge in [-0.1, -0.05) is 0 Å². The van der Waals surface area contributed by atoms with Crippen LogP contribution in [0.3, 0.4) is 0 Å². The van der Waals surface area contributed by atoms with E-state index in [2.05, 4.69) is 15.2 Å². The second-order valence-electron chi connectivity index (χ2n) is 6.74. The first-order chi connectivity index (χ1) is 13.3. The largest absolute Gasteiger partial charge is 0.492 e. The van der Waals surface area contributed by atoms with Crippen molar-refractivity contribution >= 4 is 29.9 Å². The van der Waals surface area contributed by atoms with E-state index in [0.717, 1.165) is 55.7 Å². The maximum atomic E-state index is 5.91. The Morgan fingerprint density at radius 2 is 2.07 bits per heavy atom. The molecule has 1 aromatic carbocycles. The molecule has 4 rings (SSSR count). The van der Waals surface area contributed by atoms with E-state index in [0.29, 0.717) is 19.8 Å². The molecule has 3 aliphatic rings. The first kappa shape index (κ1) is 21.3. The van der Waals surface area contributed by atoms with Gasteiger partial charge in [0.05, 0.1) is 19.3 Å². The summed E-state index contributed by atoms with van der Waals surface area (Å²) in [5.41, 5.74) is 0. The molecule has 3 aliphatic heterocycles. The molecule has 156 valence electrons. The molecule has 0 aliphatic carbocycles. The Hall–Kier alpha value is -1.46. The minimum absolute atomic E-state index is 0. The second kappa shape index (κ2) is 10.4. The zero-order valence-corrected chi connectivity index (χ0v) is 18.4. The van der Waals surface area contributed by atoms with Crippen LogP contribution in [0.2, 0.25) is 0 Å². The minimum Gasteiger partial charge on any atom is -0.492 e. The molecule has 9 heteroatoms. The summed E-state index contributed by atoms with van der Waals surface area (Å²) in [5, 5.41) is 3.37. The van der Waals surface area contributed by atoms with Gasteiger partial charge in [0, 0.05) is 32.8 Å². The highest BCUT2D eigenvalue weighted by atomic mass is 127. The third-order valence-electron chi connectivity index (χ3n) is 4.98. The van der Waals surface area contributed by atoms with Crippen LogP contribution in [0.1, 0.15) is 12.8 Å². The molecule has 0 spiro atoms. The Labute approximate surface area is 182 Å². The van der Waals surface area contributed by atoms with Crippen LogP contribution in [0.4, 0.5) is 0 Å². The van der Waals surface area contributed by atoms with Crippen LogP contribution in [0.15, 0.2) is 23.2 Å². The molecule has 2 saturated heterocycles. The lowest BCUT2D eigenvalue weighted by molar-refractivity contribution is -0.0817. The van der Waals surface area contributed by atoms with E-state index in [9.17, 15) is 0 Å². The summed E-state index contributed by atoms with van der Waals surface area (Å²) < 4.78 is 28.2. The van der Waals surface area contributed by atoms with Gasteiger partial charge in [-0.15, -0.1) is 24.0 Å². The standard InChI is InChI=1S/C19H27N3O5.HI/c1-20-19(22-7-10-25-18(12-22)15-3-2-8-24-15)21-6-9-23-14-4-5-16-17(11-14)27-13-26-16;/h4-5,11,15,18H,2-3,6-10,12-13H2,1H3,(H,20,21);1H. The molecule has 1 aromatic rings. The zero-order valence-electron chi connectivity index (χ0n) is 16.1. The van der Waals surface area contributed by atoms with Gasteiger partial charge in [0.2, 0.25) is 6.79 Å². The molecule has 1 N–H and O–H groups in total.